The lowest BCUT2D eigenvalue weighted by Gasteiger charge is -2.19. The van der Waals surface area contributed by atoms with Crippen molar-refractivity contribution in [2.75, 3.05) is 33.9 Å². The molecular formula is C13H26N2O3. The van der Waals surface area contributed by atoms with E-state index in [-0.39, 0.29) is 18.1 Å². The lowest BCUT2D eigenvalue weighted by Crippen LogP contribution is -2.42. The predicted octanol–water partition coefficient (Wildman–Crippen LogP) is 0.686. The van der Waals surface area contributed by atoms with Crippen LogP contribution in [0.3, 0.4) is 0 Å². The second kappa shape index (κ2) is 9.30. The van der Waals surface area contributed by atoms with Gasteiger partial charge in [-0.3, -0.25) is 4.79 Å². The number of amides is 1. The summed E-state index contributed by atoms with van der Waals surface area (Å²) in [5.41, 5.74) is 0. The van der Waals surface area contributed by atoms with E-state index in [1.54, 1.807) is 7.11 Å². The summed E-state index contributed by atoms with van der Waals surface area (Å²) < 4.78 is 18.0. The Morgan fingerprint density at radius 2 is 2.33 bits per heavy atom. The zero-order valence-corrected chi connectivity index (χ0v) is 11.4. The number of rotatable bonds is 9. The highest BCUT2D eigenvalue weighted by Crippen LogP contribution is 2.14. The van der Waals surface area contributed by atoms with E-state index in [1.165, 1.54) is 0 Å². The van der Waals surface area contributed by atoms with Gasteiger partial charge in [0.25, 0.3) is 0 Å². The number of hydrogen-bond acceptors (Lipinski definition) is 4. The number of methoxy groups -OCH3 is 1. The maximum Gasteiger partial charge on any atom is 0.220 e. The molecule has 0 aliphatic carbocycles. The molecule has 5 heteroatoms. The lowest BCUT2D eigenvalue weighted by atomic mass is 10.1. The Hall–Kier alpha value is -0.650. The molecule has 0 bridgehead atoms. The summed E-state index contributed by atoms with van der Waals surface area (Å²) in [5.74, 6) is 0.0493. The van der Waals surface area contributed by atoms with Gasteiger partial charge in [-0.05, 0) is 32.9 Å². The first-order valence-electron chi connectivity index (χ1n) is 7.25. The number of carbonyl (C=O) groups excluding carboxylic acids is 1. The van der Waals surface area contributed by atoms with Gasteiger partial charge in [0.05, 0.1) is 14.0 Å². The fraction of sp³-hybridized carbons (Fsp3) is 0.923. The van der Waals surface area contributed by atoms with Crippen LogP contribution < -0.4 is 10.6 Å². The van der Waals surface area contributed by atoms with Crippen molar-refractivity contribution < 1.29 is 15.6 Å². The molecule has 2 N–H and O–H groups in total. The highest BCUT2D eigenvalue weighted by atomic mass is 16.5. The van der Waals surface area contributed by atoms with Crippen molar-refractivity contribution in [2.45, 2.75) is 44.2 Å². The van der Waals surface area contributed by atoms with Crippen molar-refractivity contribution in [3.63, 3.8) is 0 Å². The van der Waals surface area contributed by atoms with E-state index in [2.05, 4.69) is 10.6 Å². The lowest BCUT2D eigenvalue weighted by molar-refractivity contribution is -0.122. The molecule has 3 unspecified atom stereocenters. The van der Waals surface area contributed by atoms with Crippen LogP contribution in [0.2, 0.25) is 0 Å². The van der Waals surface area contributed by atoms with Gasteiger partial charge in [0.15, 0.2) is 0 Å². The van der Waals surface area contributed by atoms with Crippen LogP contribution in [0, 0.1) is 0 Å². The van der Waals surface area contributed by atoms with Crippen molar-refractivity contribution in [1.29, 1.82) is 0 Å². The molecule has 1 rings (SSSR count). The predicted molar refractivity (Wildman–Crippen MR) is 70.6 cm³/mol. The standard InChI is InChI=1S/C13H26N2O3/c1-14-8-5-3-4-6-13(16)15-11-7-9-18-12(11)10-17-2/h11-12,14H,3-10H2,1-2H3,(H,15,16)/i9T. The van der Waals surface area contributed by atoms with E-state index in [1.807, 2.05) is 7.05 Å². The fourth-order valence-electron chi connectivity index (χ4n) is 2.04. The minimum Gasteiger partial charge on any atom is -0.382 e. The van der Waals surface area contributed by atoms with Crippen LogP contribution in [-0.2, 0) is 14.3 Å². The Balaban J connectivity index is 2.19. The molecule has 0 aromatic carbocycles. The summed E-state index contributed by atoms with van der Waals surface area (Å²) in [6, 6.07) is -0.0905. The average molecular weight is 260 g/mol. The molecular weight excluding hydrogens is 232 g/mol. The molecule has 0 aromatic heterocycles. The Bertz CT molecular complexity index is 266. The maximum atomic E-state index is 11.8. The zero-order chi connectivity index (χ0) is 14.1. The van der Waals surface area contributed by atoms with Crippen LogP contribution in [-0.4, -0.2) is 51.9 Å². The first-order valence-corrected chi connectivity index (χ1v) is 6.68. The molecule has 106 valence electrons. The molecule has 1 fully saturated rings. The third-order valence-corrected chi connectivity index (χ3v) is 3.08. The molecule has 1 heterocycles. The van der Waals surface area contributed by atoms with Crippen LogP contribution >= 0.6 is 0 Å². The van der Waals surface area contributed by atoms with Gasteiger partial charge in [0.2, 0.25) is 5.91 Å². The molecule has 0 aromatic rings. The van der Waals surface area contributed by atoms with Crippen LogP contribution in [0.5, 0.6) is 0 Å². The number of unbranched alkanes of at least 4 members (excludes halogenated alkanes) is 2. The smallest absolute Gasteiger partial charge is 0.220 e. The van der Waals surface area contributed by atoms with Gasteiger partial charge in [-0.2, -0.15) is 0 Å². The summed E-state index contributed by atoms with van der Waals surface area (Å²) in [5, 5.41) is 6.04. The Kier molecular flexibility index (Phi) is 7.12. The van der Waals surface area contributed by atoms with Crippen molar-refractivity contribution in [3.8, 4) is 0 Å². The minimum absolute atomic E-state index is 0.0493. The van der Waals surface area contributed by atoms with E-state index < -0.39 is 6.58 Å². The molecule has 1 aliphatic rings. The van der Waals surface area contributed by atoms with E-state index in [9.17, 15) is 4.79 Å². The fourth-order valence-corrected chi connectivity index (χ4v) is 2.04. The third kappa shape index (κ3) is 5.80. The van der Waals surface area contributed by atoms with E-state index in [0.717, 1.165) is 25.8 Å². The highest BCUT2D eigenvalue weighted by Gasteiger charge is 2.29. The number of ether oxygens (including phenoxy) is 2. The second-order valence-corrected chi connectivity index (χ2v) is 4.62. The summed E-state index contributed by atoms with van der Waals surface area (Å²) in [4.78, 5) is 11.8. The van der Waals surface area contributed by atoms with Gasteiger partial charge in [-0.25, -0.2) is 0 Å². The van der Waals surface area contributed by atoms with Crippen LogP contribution in [0.15, 0.2) is 0 Å². The second-order valence-electron chi connectivity index (χ2n) is 4.62. The molecule has 0 radical (unpaired) electrons. The van der Waals surface area contributed by atoms with Crippen molar-refractivity contribution >= 4 is 5.91 Å². The van der Waals surface area contributed by atoms with Crippen molar-refractivity contribution in [1.82, 2.24) is 10.6 Å². The summed E-state index contributed by atoms with van der Waals surface area (Å²) in [6.07, 6.45) is 3.94. The SMILES string of the molecule is [3H]C1CC(NC(=O)CCCCCNC)C(COC)O1. The van der Waals surface area contributed by atoms with Crippen LogP contribution in [0.25, 0.3) is 0 Å². The summed E-state index contributed by atoms with van der Waals surface area (Å²) >= 11 is 0. The maximum absolute atomic E-state index is 11.8. The van der Waals surface area contributed by atoms with Gasteiger partial charge in [0.1, 0.15) is 6.10 Å². The highest BCUT2D eigenvalue weighted by molar-refractivity contribution is 5.76. The van der Waals surface area contributed by atoms with Gasteiger partial charge in [0, 0.05) is 20.1 Å². The van der Waals surface area contributed by atoms with Gasteiger partial charge >= 0.3 is 0 Å². The Morgan fingerprint density at radius 1 is 1.50 bits per heavy atom. The number of hydrogen-bond donors (Lipinski definition) is 2. The summed E-state index contributed by atoms with van der Waals surface area (Å²) in [6.45, 7) is 0.859. The number of nitrogens with one attached hydrogen (secondary N) is 2. The van der Waals surface area contributed by atoms with E-state index in [0.29, 0.717) is 19.4 Å². The van der Waals surface area contributed by atoms with Crippen molar-refractivity contribution in [3.05, 3.63) is 0 Å². The molecule has 1 amide bonds. The Morgan fingerprint density at radius 3 is 3.06 bits per heavy atom. The monoisotopic (exact) mass is 260 g/mol. The normalized spacial score (nSPS) is 28.1. The van der Waals surface area contributed by atoms with E-state index >= 15 is 0 Å². The molecule has 3 atom stereocenters. The average Bonchev–Trinajstić information content (AvgIpc) is 2.70. The summed E-state index contributed by atoms with van der Waals surface area (Å²) in [7, 11) is 3.53. The molecule has 18 heavy (non-hydrogen) atoms. The first-order chi connectivity index (χ1) is 9.17. The minimum atomic E-state index is -0.555. The molecule has 0 saturated carbocycles. The van der Waals surface area contributed by atoms with Gasteiger partial charge < -0.3 is 20.1 Å². The zero-order valence-electron chi connectivity index (χ0n) is 12.4. The van der Waals surface area contributed by atoms with Crippen LogP contribution in [0.1, 0.15) is 33.5 Å². The topological polar surface area (TPSA) is 59.6 Å². The number of carbonyl (C=O) groups is 1. The van der Waals surface area contributed by atoms with Crippen LogP contribution in [0.4, 0.5) is 0 Å². The first kappa shape index (κ1) is 13.8. The largest absolute Gasteiger partial charge is 0.382 e. The van der Waals surface area contributed by atoms with Gasteiger partial charge in [-0.1, -0.05) is 6.42 Å². The Labute approximate surface area is 111 Å². The third-order valence-electron chi connectivity index (χ3n) is 3.08. The van der Waals surface area contributed by atoms with Gasteiger partial charge in [-0.15, -0.1) is 0 Å². The molecule has 1 aliphatic heterocycles. The molecule has 1 saturated heterocycles. The quantitative estimate of drug-likeness (QED) is 0.599. The molecule has 0 spiro atoms. The molecule has 5 nitrogen and oxygen atoms in total. The van der Waals surface area contributed by atoms with Crippen molar-refractivity contribution in [2.24, 2.45) is 0 Å². The van der Waals surface area contributed by atoms with E-state index in [4.69, 9.17) is 10.8 Å².